The number of halogens is 1. The summed E-state index contributed by atoms with van der Waals surface area (Å²) >= 11 is 6.24. The topological polar surface area (TPSA) is 165 Å². The Morgan fingerprint density at radius 2 is 1.65 bits per heavy atom. The van der Waals surface area contributed by atoms with E-state index in [-0.39, 0.29) is 58.3 Å². The van der Waals surface area contributed by atoms with E-state index in [9.17, 15) is 29.2 Å². The van der Waals surface area contributed by atoms with Crippen molar-refractivity contribution < 1.29 is 28.7 Å². The molecule has 1 aromatic heterocycles. The van der Waals surface area contributed by atoms with Gasteiger partial charge in [-0.25, -0.2) is 4.98 Å². The van der Waals surface area contributed by atoms with Crippen LogP contribution in [0.3, 0.4) is 0 Å². The maximum Gasteiger partial charge on any atom is 0.262 e. The molecule has 1 aliphatic carbocycles. The first-order valence-electron chi connectivity index (χ1n) is 18.6. The van der Waals surface area contributed by atoms with Crippen molar-refractivity contribution >= 4 is 52.6 Å². The summed E-state index contributed by atoms with van der Waals surface area (Å²) in [5, 5.41) is 15.0. The molecule has 1 saturated carbocycles. The molecule has 284 valence electrons. The Morgan fingerprint density at radius 1 is 0.945 bits per heavy atom. The lowest BCUT2D eigenvalue weighted by Gasteiger charge is -2.63. The van der Waals surface area contributed by atoms with Crippen LogP contribution < -0.4 is 25.2 Å². The Bertz CT molecular complexity index is 2170. The second kappa shape index (κ2) is 13.1. The van der Waals surface area contributed by atoms with Crippen molar-refractivity contribution in [2.24, 2.45) is 16.2 Å². The second-order valence-electron chi connectivity index (χ2n) is 16.7. The van der Waals surface area contributed by atoms with Crippen LogP contribution in [0.1, 0.15) is 90.0 Å². The number of imide groups is 2. The van der Waals surface area contributed by atoms with Gasteiger partial charge in [0.05, 0.1) is 27.3 Å². The number of aromatic nitrogens is 1. The van der Waals surface area contributed by atoms with Crippen molar-refractivity contribution in [3.05, 3.63) is 82.0 Å². The van der Waals surface area contributed by atoms with E-state index < -0.39 is 29.7 Å². The highest BCUT2D eigenvalue weighted by atomic mass is 35.5. The van der Waals surface area contributed by atoms with Gasteiger partial charge in [0, 0.05) is 72.8 Å². The fraction of sp³-hybridized carbons (Fsp3) is 0.439. The van der Waals surface area contributed by atoms with Gasteiger partial charge >= 0.3 is 0 Å². The quantitative estimate of drug-likeness (QED) is 0.322. The summed E-state index contributed by atoms with van der Waals surface area (Å²) in [5.41, 5.74) is 1.67. The zero-order chi connectivity index (χ0) is 39.0. The van der Waals surface area contributed by atoms with Crippen LogP contribution in [0, 0.1) is 27.6 Å². The number of nitriles is 1. The molecule has 5 aliphatic rings. The minimum atomic E-state index is -0.988. The van der Waals surface area contributed by atoms with E-state index in [2.05, 4.69) is 59.2 Å². The monoisotopic (exact) mass is 763 g/mol. The molecule has 2 aromatic carbocycles. The molecule has 2 N–H and O–H groups in total. The normalized spacial score (nSPS) is 24.7. The van der Waals surface area contributed by atoms with Crippen LogP contribution in [-0.2, 0) is 9.59 Å². The first-order chi connectivity index (χ1) is 26.1. The Kier molecular flexibility index (Phi) is 8.68. The van der Waals surface area contributed by atoms with Crippen molar-refractivity contribution in [2.75, 3.05) is 36.0 Å². The van der Waals surface area contributed by atoms with Crippen LogP contribution in [0.2, 0.25) is 5.02 Å². The van der Waals surface area contributed by atoms with Gasteiger partial charge in [-0.3, -0.25) is 34.2 Å². The van der Waals surface area contributed by atoms with Crippen LogP contribution in [-0.4, -0.2) is 83.8 Å². The van der Waals surface area contributed by atoms with E-state index in [0.29, 0.717) is 21.9 Å². The number of fused-ring (bicyclic) bond motifs is 1. The van der Waals surface area contributed by atoms with Gasteiger partial charge in [-0.05, 0) is 61.7 Å². The summed E-state index contributed by atoms with van der Waals surface area (Å²) in [6.07, 6.45) is 3.53. The third kappa shape index (κ3) is 6.07. The Morgan fingerprint density at radius 3 is 2.29 bits per heavy atom. The highest BCUT2D eigenvalue weighted by molar-refractivity contribution is 6.31. The number of amides is 5. The minimum absolute atomic E-state index is 0.0798. The summed E-state index contributed by atoms with van der Waals surface area (Å²) in [5.74, 6) is -0.823. The summed E-state index contributed by atoms with van der Waals surface area (Å²) < 4.78 is 6.36. The van der Waals surface area contributed by atoms with Gasteiger partial charge in [-0.1, -0.05) is 39.3 Å². The summed E-state index contributed by atoms with van der Waals surface area (Å²) in [4.78, 5) is 74.1. The number of carbonyl (C=O) groups excluding carboxylic acids is 5. The van der Waals surface area contributed by atoms with Crippen LogP contribution >= 0.6 is 11.6 Å². The maximum atomic E-state index is 13.4. The molecule has 0 bridgehead atoms. The summed E-state index contributed by atoms with van der Waals surface area (Å²) in [6, 6.07) is 14.9. The number of anilines is 2. The first kappa shape index (κ1) is 36.5. The molecule has 0 radical (unpaired) electrons. The van der Waals surface area contributed by atoms with Crippen molar-refractivity contribution in [2.45, 2.75) is 71.6 Å². The number of piperidine rings is 2. The molecule has 55 heavy (non-hydrogen) atoms. The molecule has 5 heterocycles. The first-order valence-corrected chi connectivity index (χ1v) is 19.0. The fourth-order valence-electron chi connectivity index (χ4n) is 9.65. The molecule has 4 fully saturated rings. The van der Waals surface area contributed by atoms with E-state index in [1.807, 2.05) is 18.2 Å². The number of pyridine rings is 1. The lowest BCUT2D eigenvalue weighted by molar-refractivity contribution is -0.164. The highest BCUT2D eigenvalue weighted by Gasteiger charge is 2.64. The van der Waals surface area contributed by atoms with Gasteiger partial charge in [0.25, 0.3) is 17.7 Å². The standard InChI is InChI=1S/C41H42ClN7O6/c1-39(2)37(40(3,4)38(39)55-26-8-5-23(19-43)29(42)18-26)46-33(51)24-6-11-31(44-20-24)48-21-41(22-48)13-15-47(16-14-41)25-7-9-27-28(17-25)36(54)49(35(27)53)30-10-12-32(50)45-34(30)52/h5-9,11,17-18,20,30,37-38H,10,12-16,21-22H2,1-4H3,(H,46,51)(H,45,50,52). The molecule has 3 aromatic rings. The molecule has 3 saturated heterocycles. The lowest BCUT2D eigenvalue weighted by atomic mass is 9.49. The number of rotatable bonds is 7. The van der Waals surface area contributed by atoms with Crippen molar-refractivity contribution in [1.29, 1.82) is 5.26 Å². The van der Waals surface area contributed by atoms with Crippen LogP contribution in [0.5, 0.6) is 5.75 Å². The molecule has 5 amide bonds. The van der Waals surface area contributed by atoms with Gasteiger partial charge < -0.3 is 19.9 Å². The predicted molar refractivity (Wildman–Crippen MR) is 203 cm³/mol. The van der Waals surface area contributed by atoms with Gasteiger partial charge in [0.1, 0.15) is 29.8 Å². The van der Waals surface area contributed by atoms with E-state index in [4.69, 9.17) is 16.3 Å². The summed E-state index contributed by atoms with van der Waals surface area (Å²) in [7, 11) is 0. The van der Waals surface area contributed by atoms with E-state index in [0.717, 1.165) is 55.4 Å². The largest absolute Gasteiger partial charge is 0.489 e. The van der Waals surface area contributed by atoms with Crippen molar-refractivity contribution in [1.82, 2.24) is 20.5 Å². The smallest absolute Gasteiger partial charge is 0.262 e. The number of hydrogen-bond acceptors (Lipinski definition) is 10. The minimum Gasteiger partial charge on any atom is -0.489 e. The Hall–Kier alpha value is -5.48. The number of benzene rings is 2. The van der Waals surface area contributed by atoms with E-state index >= 15 is 0 Å². The van der Waals surface area contributed by atoms with Gasteiger partial charge in [-0.15, -0.1) is 0 Å². The van der Waals surface area contributed by atoms with E-state index in [1.165, 1.54) is 0 Å². The van der Waals surface area contributed by atoms with Crippen molar-refractivity contribution in [3.8, 4) is 11.8 Å². The second-order valence-corrected chi connectivity index (χ2v) is 17.1. The molecule has 13 nitrogen and oxygen atoms in total. The number of nitrogens with one attached hydrogen (secondary N) is 2. The molecular weight excluding hydrogens is 722 g/mol. The molecular formula is C41H42ClN7O6. The lowest BCUT2D eigenvalue weighted by Crippen LogP contribution is -2.74. The third-order valence-electron chi connectivity index (χ3n) is 12.4. The highest BCUT2D eigenvalue weighted by Crippen LogP contribution is 2.55. The zero-order valence-corrected chi connectivity index (χ0v) is 31.9. The van der Waals surface area contributed by atoms with Crippen LogP contribution in [0.4, 0.5) is 11.5 Å². The van der Waals surface area contributed by atoms with Gasteiger partial charge in [-0.2, -0.15) is 5.26 Å². The predicted octanol–water partition coefficient (Wildman–Crippen LogP) is 4.73. The number of hydrogen-bond donors (Lipinski definition) is 2. The number of carbonyl (C=O) groups is 5. The van der Waals surface area contributed by atoms with Crippen LogP contribution in [0.15, 0.2) is 54.7 Å². The molecule has 1 spiro atoms. The summed E-state index contributed by atoms with van der Waals surface area (Å²) in [6.45, 7) is 11.6. The molecule has 8 rings (SSSR count). The average molecular weight is 764 g/mol. The van der Waals surface area contributed by atoms with Gasteiger partial charge in [0.2, 0.25) is 11.8 Å². The van der Waals surface area contributed by atoms with Gasteiger partial charge in [0.15, 0.2) is 0 Å². The fourth-order valence-corrected chi connectivity index (χ4v) is 9.87. The Labute approximate surface area is 323 Å². The number of ether oxygens (including phenoxy) is 1. The molecule has 1 unspecified atom stereocenters. The zero-order valence-electron chi connectivity index (χ0n) is 31.1. The molecule has 14 heteroatoms. The average Bonchev–Trinajstić information content (AvgIpc) is 3.39. The third-order valence-corrected chi connectivity index (χ3v) is 12.7. The maximum absolute atomic E-state index is 13.4. The SMILES string of the molecule is CC1(C)C(NC(=O)c2ccc(N3CC4(CCN(c5ccc6c(c5)C(=O)N(C5CCC(=O)NC5=O)C6=O)CC4)C3)nc2)C(C)(C)C1Oc1ccc(C#N)c(Cl)c1. The molecule has 4 aliphatic heterocycles. The molecule has 1 atom stereocenters. The Balaban J connectivity index is 0.841. The van der Waals surface area contributed by atoms with Crippen molar-refractivity contribution in [3.63, 3.8) is 0 Å². The number of nitrogens with zero attached hydrogens (tertiary/aromatic N) is 5. The van der Waals surface area contributed by atoms with Crippen LogP contribution in [0.25, 0.3) is 0 Å². The van der Waals surface area contributed by atoms with E-state index in [1.54, 1.807) is 36.5 Å².